The summed E-state index contributed by atoms with van der Waals surface area (Å²) in [4.78, 5) is 26.6. The van der Waals surface area contributed by atoms with Crippen LogP contribution in [0.3, 0.4) is 0 Å². The minimum Gasteiger partial charge on any atom is -0.503 e. The lowest BCUT2D eigenvalue weighted by molar-refractivity contribution is 0.0914. The van der Waals surface area contributed by atoms with Gasteiger partial charge in [-0.3, -0.25) is 14.6 Å². The van der Waals surface area contributed by atoms with E-state index >= 15 is 0 Å². The predicted molar refractivity (Wildman–Crippen MR) is 91.5 cm³/mol. The van der Waals surface area contributed by atoms with E-state index in [1.165, 1.54) is 14.2 Å². The number of rotatable bonds is 9. The van der Waals surface area contributed by atoms with Crippen LogP contribution in [0.15, 0.2) is 35.1 Å². The van der Waals surface area contributed by atoms with Crippen molar-refractivity contribution in [2.24, 2.45) is 0 Å². The molecule has 0 fully saturated rings. The van der Waals surface area contributed by atoms with Gasteiger partial charge in [0.15, 0.2) is 11.5 Å². The molecule has 134 valence electrons. The van der Waals surface area contributed by atoms with Crippen LogP contribution in [0.2, 0.25) is 0 Å². The second kappa shape index (κ2) is 8.89. The minimum atomic E-state index is -0.717. The number of aromatic hydroxyl groups is 1. The molecule has 1 aromatic heterocycles. The maximum Gasteiger partial charge on any atom is 0.265 e. The molecule has 25 heavy (non-hydrogen) atoms. The third-order valence-electron chi connectivity index (χ3n) is 3.60. The Hall–Kier alpha value is -2.80. The van der Waals surface area contributed by atoms with Crippen LogP contribution in [-0.2, 0) is 11.3 Å². The number of ether oxygens (including phenoxy) is 3. The molecule has 2 rings (SSSR count). The summed E-state index contributed by atoms with van der Waals surface area (Å²) in [6, 6.07) is 9.68. The molecule has 1 aromatic carbocycles. The summed E-state index contributed by atoms with van der Waals surface area (Å²) in [5.41, 5.74) is -0.00568. The lowest BCUT2D eigenvalue weighted by Gasteiger charge is -2.11. The first-order valence-electron chi connectivity index (χ1n) is 7.80. The molecule has 0 bridgehead atoms. The molecule has 7 heteroatoms. The van der Waals surface area contributed by atoms with Crippen LogP contribution in [0.25, 0.3) is 0 Å². The average Bonchev–Trinajstić information content (AvgIpc) is 2.61. The fraction of sp³-hybridized carbons (Fsp3) is 0.333. The number of methoxy groups -OCH3 is 2. The molecule has 0 spiro atoms. The van der Waals surface area contributed by atoms with E-state index < -0.39 is 17.1 Å². The van der Waals surface area contributed by atoms with Crippen LogP contribution in [-0.4, -0.2) is 36.7 Å². The molecule has 1 heterocycles. The van der Waals surface area contributed by atoms with E-state index in [0.29, 0.717) is 19.6 Å². The van der Waals surface area contributed by atoms with Gasteiger partial charge < -0.3 is 19.3 Å². The zero-order valence-electron chi connectivity index (χ0n) is 14.2. The second-order valence-electron chi connectivity index (χ2n) is 5.31. The number of aromatic amines is 1. The van der Waals surface area contributed by atoms with E-state index in [0.717, 1.165) is 5.56 Å². The fourth-order valence-electron chi connectivity index (χ4n) is 2.37. The number of nitrogens with one attached hydrogen (secondary N) is 1. The number of ketones is 1. The van der Waals surface area contributed by atoms with Gasteiger partial charge in [0.2, 0.25) is 11.6 Å². The van der Waals surface area contributed by atoms with Crippen LogP contribution in [0.1, 0.15) is 28.8 Å². The van der Waals surface area contributed by atoms with Gasteiger partial charge in [0, 0.05) is 13.0 Å². The smallest absolute Gasteiger partial charge is 0.265 e. The minimum absolute atomic E-state index is 0.0345. The Balaban J connectivity index is 1.93. The number of hydrogen-bond acceptors (Lipinski definition) is 6. The molecule has 0 amide bonds. The Morgan fingerprint density at radius 1 is 1.16 bits per heavy atom. The Morgan fingerprint density at radius 2 is 1.88 bits per heavy atom. The Kier molecular flexibility index (Phi) is 6.59. The number of carbonyl (C=O) groups excluding carboxylic acids is 1. The quantitative estimate of drug-likeness (QED) is 0.533. The number of benzene rings is 1. The summed E-state index contributed by atoms with van der Waals surface area (Å²) in [5, 5.41) is 10.1. The third-order valence-corrected chi connectivity index (χ3v) is 3.60. The fourth-order valence-corrected chi connectivity index (χ4v) is 2.37. The van der Waals surface area contributed by atoms with Gasteiger partial charge in [-0.25, -0.2) is 0 Å². The van der Waals surface area contributed by atoms with Crippen LogP contribution in [0, 0.1) is 0 Å². The monoisotopic (exact) mass is 347 g/mol. The zero-order chi connectivity index (χ0) is 18.2. The molecule has 0 atom stereocenters. The normalized spacial score (nSPS) is 10.5. The predicted octanol–water partition coefficient (Wildman–Crippen LogP) is 2.28. The van der Waals surface area contributed by atoms with Gasteiger partial charge in [-0.1, -0.05) is 30.3 Å². The SMILES string of the molecule is COc1[nH]c(=O)c(C(=O)CCCOCc2ccccc2)c(O)c1OC. The highest BCUT2D eigenvalue weighted by molar-refractivity contribution is 5.99. The first kappa shape index (κ1) is 18.5. The summed E-state index contributed by atoms with van der Waals surface area (Å²) >= 11 is 0. The van der Waals surface area contributed by atoms with Crippen LogP contribution in [0.5, 0.6) is 17.4 Å². The number of Topliss-reactive ketones (excluding diaryl/α,β-unsaturated/α-hetero) is 1. The van der Waals surface area contributed by atoms with Crippen LogP contribution >= 0.6 is 0 Å². The first-order valence-corrected chi connectivity index (χ1v) is 7.80. The van der Waals surface area contributed by atoms with Crippen molar-refractivity contribution >= 4 is 5.78 Å². The van der Waals surface area contributed by atoms with Gasteiger partial charge in [0.05, 0.1) is 20.8 Å². The maximum atomic E-state index is 12.3. The summed E-state index contributed by atoms with van der Waals surface area (Å²) < 4.78 is 15.4. The lowest BCUT2D eigenvalue weighted by Crippen LogP contribution is -2.19. The van der Waals surface area contributed by atoms with Crippen LogP contribution < -0.4 is 15.0 Å². The topological polar surface area (TPSA) is 97.9 Å². The van der Waals surface area contributed by atoms with E-state index in [4.69, 9.17) is 14.2 Å². The molecule has 2 aromatic rings. The number of hydrogen-bond donors (Lipinski definition) is 2. The van der Waals surface area contributed by atoms with Gasteiger partial charge in [0.25, 0.3) is 5.56 Å². The zero-order valence-corrected chi connectivity index (χ0v) is 14.2. The molecule has 0 aliphatic carbocycles. The summed E-state index contributed by atoms with van der Waals surface area (Å²) in [5.74, 6) is -1.11. The average molecular weight is 347 g/mol. The Labute approximate surface area is 145 Å². The van der Waals surface area contributed by atoms with Gasteiger partial charge in [-0.15, -0.1) is 0 Å². The molecule has 7 nitrogen and oxygen atoms in total. The van der Waals surface area contributed by atoms with Crippen LogP contribution in [0.4, 0.5) is 0 Å². The molecule has 0 aliphatic rings. The van der Waals surface area contributed by atoms with Crippen molar-refractivity contribution in [1.29, 1.82) is 0 Å². The van der Waals surface area contributed by atoms with Crippen molar-refractivity contribution in [3.8, 4) is 17.4 Å². The van der Waals surface area contributed by atoms with Gasteiger partial charge in [-0.2, -0.15) is 0 Å². The molecule has 0 radical (unpaired) electrons. The molecule has 0 saturated heterocycles. The van der Waals surface area contributed by atoms with Crippen molar-refractivity contribution in [2.45, 2.75) is 19.4 Å². The van der Waals surface area contributed by atoms with Gasteiger partial charge in [0.1, 0.15) is 5.56 Å². The van der Waals surface area contributed by atoms with E-state index in [1.54, 1.807) is 0 Å². The van der Waals surface area contributed by atoms with Crippen molar-refractivity contribution in [1.82, 2.24) is 4.98 Å². The summed E-state index contributed by atoms with van der Waals surface area (Å²) in [6.45, 7) is 0.823. The molecular formula is C18H21NO6. The number of aromatic nitrogens is 1. The Morgan fingerprint density at radius 3 is 2.52 bits per heavy atom. The number of H-pyrrole nitrogens is 1. The summed E-state index contributed by atoms with van der Waals surface area (Å²) in [6.07, 6.45) is 0.500. The van der Waals surface area contributed by atoms with Crippen molar-refractivity contribution in [3.63, 3.8) is 0 Å². The maximum absolute atomic E-state index is 12.3. The highest BCUT2D eigenvalue weighted by Crippen LogP contribution is 2.35. The highest BCUT2D eigenvalue weighted by atomic mass is 16.5. The largest absolute Gasteiger partial charge is 0.503 e. The second-order valence-corrected chi connectivity index (χ2v) is 5.31. The van der Waals surface area contributed by atoms with E-state index in [-0.39, 0.29) is 23.6 Å². The third kappa shape index (κ3) is 4.60. The van der Waals surface area contributed by atoms with E-state index in [1.807, 2.05) is 30.3 Å². The standard InChI is InChI=1S/C18H21NO6/c1-23-16-15(21)14(17(22)19-18(16)24-2)13(20)9-6-10-25-11-12-7-4-3-5-8-12/h3-5,7-8H,6,9-11H2,1-2H3,(H2,19,21,22). The molecular weight excluding hydrogens is 326 g/mol. The summed E-state index contributed by atoms with van der Waals surface area (Å²) in [7, 11) is 2.63. The van der Waals surface area contributed by atoms with E-state index in [9.17, 15) is 14.7 Å². The van der Waals surface area contributed by atoms with Crippen molar-refractivity contribution in [2.75, 3.05) is 20.8 Å². The van der Waals surface area contributed by atoms with E-state index in [2.05, 4.69) is 4.98 Å². The molecule has 2 N–H and O–H groups in total. The van der Waals surface area contributed by atoms with Gasteiger partial charge in [-0.05, 0) is 12.0 Å². The van der Waals surface area contributed by atoms with Crippen molar-refractivity contribution in [3.05, 3.63) is 51.8 Å². The number of pyridine rings is 1. The lowest BCUT2D eigenvalue weighted by atomic mass is 10.1. The molecule has 0 aliphatic heterocycles. The Bertz CT molecular complexity index is 769. The highest BCUT2D eigenvalue weighted by Gasteiger charge is 2.23. The van der Waals surface area contributed by atoms with Gasteiger partial charge >= 0.3 is 0 Å². The number of carbonyl (C=O) groups is 1. The molecule has 0 saturated carbocycles. The van der Waals surface area contributed by atoms with Crippen molar-refractivity contribution < 1.29 is 24.1 Å². The molecule has 0 unspecified atom stereocenters. The first-order chi connectivity index (χ1) is 12.1.